The highest BCUT2D eigenvalue weighted by atomic mass is 16.2. The first-order valence-corrected chi connectivity index (χ1v) is 10.8. The topological polar surface area (TPSA) is 60.1 Å². The van der Waals surface area contributed by atoms with Gasteiger partial charge in [0, 0.05) is 43.8 Å². The second kappa shape index (κ2) is 8.02. The van der Waals surface area contributed by atoms with Crippen LogP contribution in [0.5, 0.6) is 0 Å². The number of piperidine rings is 1. The van der Waals surface area contributed by atoms with Crippen LogP contribution in [0.15, 0.2) is 65.8 Å². The number of carbonyl (C=O) groups excluding carboxylic acids is 1. The van der Waals surface area contributed by atoms with Crippen molar-refractivity contribution in [2.75, 3.05) is 13.1 Å². The first-order chi connectivity index (χ1) is 15.1. The van der Waals surface area contributed by atoms with Crippen LogP contribution in [0.25, 0.3) is 21.8 Å². The molecule has 0 atom stereocenters. The highest BCUT2D eigenvalue weighted by Crippen LogP contribution is 2.23. The Morgan fingerprint density at radius 1 is 1.03 bits per heavy atom. The molecule has 4 aromatic rings. The Bertz CT molecular complexity index is 1310. The largest absolute Gasteiger partial charge is 0.350 e. The van der Waals surface area contributed by atoms with Crippen molar-refractivity contribution in [2.45, 2.75) is 25.8 Å². The zero-order valence-corrected chi connectivity index (χ0v) is 17.7. The Balaban J connectivity index is 1.23. The fourth-order valence-electron chi connectivity index (χ4n) is 4.72. The number of hydrogen-bond donors (Lipinski definition) is 0. The van der Waals surface area contributed by atoms with Crippen LogP contribution in [0.3, 0.4) is 0 Å². The Morgan fingerprint density at radius 2 is 1.74 bits per heavy atom. The molecule has 2 aromatic carbocycles. The van der Waals surface area contributed by atoms with E-state index in [-0.39, 0.29) is 11.5 Å². The number of fused-ring (bicyclic) bond motifs is 2. The van der Waals surface area contributed by atoms with Gasteiger partial charge in [-0.3, -0.25) is 14.2 Å². The van der Waals surface area contributed by atoms with Crippen molar-refractivity contribution < 1.29 is 4.79 Å². The molecule has 0 saturated carbocycles. The highest BCUT2D eigenvalue weighted by Gasteiger charge is 2.24. The molecule has 0 spiro atoms. The van der Waals surface area contributed by atoms with E-state index in [0.29, 0.717) is 24.3 Å². The third-order valence-electron chi connectivity index (χ3n) is 6.47. The number of aryl methyl sites for hydroxylation is 1. The van der Waals surface area contributed by atoms with Gasteiger partial charge in [-0.05, 0) is 42.5 Å². The Morgan fingerprint density at radius 3 is 2.55 bits per heavy atom. The molecule has 6 nitrogen and oxygen atoms in total. The van der Waals surface area contributed by atoms with Gasteiger partial charge in [0.25, 0.3) is 5.56 Å². The first kappa shape index (κ1) is 19.5. The second-order valence-corrected chi connectivity index (χ2v) is 8.50. The van der Waals surface area contributed by atoms with Crippen LogP contribution in [-0.4, -0.2) is 38.0 Å². The summed E-state index contributed by atoms with van der Waals surface area (Å²) < 4.78 is 3.81. The average molecular weight is 415 g/mol. The molecule has 2 aromatic heterocycles. The Kier molecular flexibility index (Phi) is 5.06. The summed E-state index contributed by atoms with van der Waals surface area (Å²) in [7, 11) is 2.02. The lowest BCUT2D eigenvalue weighted by molar-refractivity contribution is -0.131. The number of rotatable bonds is 4. The number of hydrogen-bond acceptors (Lipinski definition) is 3. The van der Waals surface area contributed by atoms with Gasteiger partial charge in [0.2, 0.25) is 5.91 Å². The van der Waals surface area contributed by atoms with Crippen molar-refractivity contribution in [2.24, 2.45) is 13.0 Å². The van der Waals surface area contributed by atoms with Gasteiger partial charge in [0.15, 0.2) is 0 Å². The fourth-order valence-corrected chi connectivity index (χ4v) is 4.72. The van der Waals surface area contributed by atoms with Crippen molar-refractivity contribution in [1.29, 1.82) is 0 Å². The molecule has 31 heavy (non-hydrogen) atoms. The number of aromatic nitrogens is 3. The summed E-state index contributed by atoms with van der Waals surface area (Å²) >= 11 is 0. The molecule has 1 aliphatic rings. The minimum Gasteiger partial charge on any atom is -0.350 e. The molecule has 1 fully saturated rings. The van der Waals surface area contributed by atoms with E-state index < -0.39 is 0 Å². The molecule has 0 unspecified atom stereocenters. The molecule has 158 valence electrons. The van der Waals surface area contributed by atoms with Crippen molar-refractivity contribution in [1.82, 2.24) is 19.0 Å². The van der Waals surface area contributed by atoms with Crippen molar-refractivity contribution >= 4 is 27.7 Å². The number of carbonyl (C=O) groups is 1. The SMILES string of the molecule is Cn1cc(CC(=O)N2CCC(Cn3cnc4ccccc4c3=O)CC2)c2ccccc21. The standard InChI is InChI=1S/C25H26N4O2/c1-27-16-19(20-6-3-5-9-23(20)27)14-24(30)28-12-10-18(11-13-28)15-29-17-26-22-8-4-2-7-21(22)25(29)31/h2-9,16-18H,10-15H2,1H3. The van der Waals surface area contributed by atoms with E-state index in [1.807, 2.05) is 48.3 Å². The van der Waals surface area contributed by atoms with E-state index in [9.17, 15) is 9.59 Å². The zero-order valence-electron chi connectivity index (χ0n) is 17.7. The molecule has 5 rings (SSSR count). The summed E-state index contributed by atoms with van der Waals surface area (Å²) in [6.07, 6.45) is 5.96. The molecule has 6 heteroatoms. The van der Waals surface area contributed by atoms with E-state index in [1.165, 1.54) is 0 Å². The lowest BCUT2D eigenvalue weighted by atomic mass is 9.96. The third-order valence-corrected chi connectivity index (χ3v) is 6.47. The van der Waals surface area contributed by atoms with E-state index in [1.54, 1.807) is 10.9 Å². The first-order valence-electron chi connectivity index (χ1n) is 10.8. The van der Waals surface area contributed by atoms with Crippen LogP contribution in [0.4, 0.5) is 0 Å². The lowest BCUT2D eigenvalue weighted by Crippen LogP contribution is -2.40. The van der Waals surface area contributed by atoms with Gasteiger partial charge in [0.05, 0.1) is 23.7 Å². The summed E-state index contributed by atoms with van der Waals surface area (Å²) in [5, 5.41) is 1.81. The van der Waals surface area contributed by atoms with Gasteiger partial charge in [0.1, 0.15) is 0 Å². The molecule has 1 aliphatic heterocycles. The Labute approximate surface area is 180 Å². The summed E-state index contributed by atoms with van der Waals surface area (Å²) in [5.74, 6) is 0.557. The average Bonchev–Trinajstić information content (AvgIpc) is 3.12. The monoisotopic (exact) mass is 414 g/mol. The molecule has 1 amide bonds. The number of para-hydroxylation sites is 2. The Hall–Kier alpha value is -3.41. The van der Waals surface area contributed by atoms with Crippen molar-refractivity contribution in [3.05, 3.63) is 77.0 Å². The maximum Gasteiger partial charge on any atom is 0.261 e. The van der Waals surface area contributed by atoms with E-state index in [2.05, 4.69) is 27.9 Å². The van der Waals surface area contributed by atoms with Crippen LogP contribution in [0, 0.1) is 5.92 Å². The number of benzene rings is 2. The molecule has 1 saturated heterocycles. The quantitative estimate of drug-likeness (QED) is 0.514. The number of amides is 1. The minimum atomic E-state index is 0.0139. The predicted octanol–water partition coefficient (Wildman–Crippen LogP) is 3.37. The summed E-state index contributed by atoms with van der Waals surface area (Å²) in [4.78, 5) is 32.1. The van der Waals surface area contributed by atoms with Gasteiger partial charge >= 0.3 is 0 Å². The molecular formula is C25H26N4O2. The maximum atomic E-state index is 12.9. The summed E-state index contributed by atoms with van der Waals surface area (Å²) in [6, 6.07) is 15.7. The minimum absolute atomic E-state index is 0.0139. The van der Waals surface area contributed by atoms with E-state index in [0.717, 1.165) is 47.9 Å². The number of likely N-dealkylation sites (tertiary alicyclic amines) is 1. The van der Waals surface area contributed by atoms with Gasteiger partial charge in [-0.2, -0.15) is 0 Å². The van der Waals surface area contributed by atoms with Crippen molar-refractivity contribution in [3.8, 4) is 0 Å². The van der Waals surface area contributed by atoms with Crippen molar-refractivity contribution in [3.63, 3.8) is 0 Å². The third kappa shape index (κ3) is 3.74. The van der Waals surface area contributed by atoms with Crippen LogP contribution >= 0.6 is 0 Å². The molecule has 0 aliphatic carbocycles. The van der Waals surface area contributed by atoms with Gasteiger partial charge in [-0.25, -0.2) is 4.98 Å². The normalized spacial score (nSPS) is 15.1. The molecule has 3 heterocycles. The van der Waals surface area contributed by atoms with Crippen LogP contribution < -0.4 is 5.56 Å². The second-order valence-electron chi connectivity index (χ2n) is 8.50. The highest BCUT2D eigenvalue weighted by molar-refractivity contribution is 5.89. The molecule has 0 radical (unpaired) electrons. The van der Waals surface area contributed by atoms with Crippen LogP contribution in [-0.2, 0) is 24.8 Å². The lowest BCUT2D eigenvalue weighted by Gasteiger charge is -2.32. The predicted molar refractivity (Wildman–Crippen MR) is 122 cm³/mol. The van der Waals surface area contributed by atoms with Crippen LogP contribution in [0.2, 0.25) is 0 Å². The van der Waals surface area contributed by atoms with Gasteiger partial charge in [-0.1, -0.05) is 30.3 Å². The van der Waals surface area contributed by atoms with Gasteiger partial charge < -0.3 is 9.47 Å². The summed E-state index contributed by atoms with van der Waals surface area (Å²) in [5.41, 5.74) is 2.98. The zero-order chi connectivity index (χ0) is 21.4. The fraction of sp³-hybridized carbons (Fsp3) is 0.320. The summed E-state index contributed by atoms with van der Waals surface area (Å²) in [6.45, 7) is 2.13. The smallest absolute Gasteiger partial charge is 0.261 e. The van der Waals surface area contributed by atoms with E-state index in [4.69, 9.17) is 0 Å². The van der Waals surface area contributed by atoms with Crippen LogP contribution in [0.1, 0.15) is 18.4 Å². The number of nitrogens with zero attached hydrogens (tertiary/aromatic N) is 4. The molecule has 0 N–H and O–H groups in total. The maximum absolute atomic E-state index is 12.9. The van der Waals surface area contributed by atoms with E-state index >= 15 is 0 Å². The molecular weight excluding hydrogens is 388 g/mol. The molecule has 0 bridgehead atoms. The van der Waals surface area contributed by atoms with Gasteiger partial charge in [-0.15, -0.1) is 0 Å².